The Labute approximate surface area is 104 Å². The first-order chi connectivity index (χ1) is 8.74. The quantitative estimate of drug-likeness (QED) is 0.830. The molecule has 1 heterocycles. The van der Waals surface area contributed by atoms with Crippen LogP contribution >= 0.6 is 0 Å². The van der Waals surface area contributed by atoms with Crippen molar-refractivity contribution < 1.29 is 9.13 Å². The van der Waals surface area contributed by atoms with Crippen molar-refractivity contribution >= 4 is 0 Å². The van der Waals surface area contributed by atoms with Crippen LogP contribution in [0.2, 0.25) is 0 Å². The van der Waals surface area contributed by atoms with E-state index in [1.807, 2.05) is 13.0 Å². The number of nitrogens with zero attached hydrogens (tertiary/aromatic N) is 2. The standard InChI is InChI=1S/C14H11FN2O/c1-2-18-12-3-4-14(15)13(8-12)10-5-6-17-11(7-10)9-16/h3-8H,2H2,1H3. The number of ether oxygens (including phenoxy) is 1. The Hall–Kier alpha value is -2.41. The second kappa shape index (κ2) is 5.28. The van der Waals surface area contributed by atoms with E-state index >= 15 is 0 Å². The Balaban J connectivity index is 2.48. The Morgan fingerprint density at radius 2 is 2.17 bits per heavy atom. The van der Waals surface area contributed by atoms with Crippen LogP contribution in [0.15, 0.2) is 36.5 Å². The highest BCUT2D eigenvalue weighted by atomic mass is 19.1. The summed E-state index contributed by atoms with van der Waals surface area (Å²) in [6.07, 6.45) is 1.49. The smallest absolute Gasteiger partial charge is 0.141 e. The van der Waals surface area contributed by atoms with Crippen LogP contribution in [0.25, 0.3) is 11.1 Å². The van der Waals surface area contributed by atoms with Gasteiger partial charge in [-0.25, -0.2) is 9.37 Å². The lowest BCUT2D eigenvalue weighted by molar-refractivity contribution is 0.340. The van der Waals surface area contributed by atoms with Crippen molar-refractivity contribution in [3.05, 3.63) is 48.0 Å². The molecule has 0 saturated carbocycles. The Morgan fingerprint density at radius 3 is 2.89 bits per heavy atom. The van der Waals surface area contributed by atoms with Crippen LogP contribution in [0, 0.1) is 17.1 Å². The third-order valence-electron chi connectivity index (χ3n) is 2.43. The molecular weight excluding hydrogens is 231 g/mol. The molecule has 1 aromatic heterocycles. The van der Waals surface area contributed by atoms with Crippen molar-refractivity contribution in [2.24, 2.45) is 0 Å². The third kappa shape index (κ3) is 2.46. The average Bonchev–Trinajstić information content (AvgIpc) is 2.41. The van der Waals surface area contributed by atoms with E-state index in [4.69, 9.17) is 10.00 Å². The lowest BCUT2D eigenvalue weighted by Crippen LogP contribution is -1.93. The Morgan fingerprint density at radius 1 is 1.33 bits per heavy atom. The molecule has 1 aromatic carbocycles. The maximum atomic E-state index is 13.8. The number of halogens is 1. The van der Waals surface area contributed by atoms with Crippen LogP contribution < -0.4 is 4.74 Å². The molecule has 0 saturated heterocycles. The normalized spacial score (nSPS) is 9.83. The number of benzene rings is 1. The molecular formula is C14H11FN2O. The molecule has 0 aliphatic carbocycles. The van der Waals surface area contributed by atoms with Gasteiger partial charge in [-0.15, -0.1) is 0 Å². The summed E-state index contributed by atoms with van der Waals surface area (Å²) >= 11 is 0. The molecule has 0 atom stereocenters. The lowest BCUT2D eigenvalue weighted by Gasteiger charge is -2.07. The first-order valence-electron chi connectivity index (χ1n) is 5.53. The van der Waals surface area contributed by atoms with Gasteiger partial charge in [-0.2, -0.15) is 5.26 Å². The van der Waals surface area contributed by atoms with Gasteiger partial charge in [0.15, 0.2) is 0 Å². The molecule has 3 nitrogen and oxygen atoms in total. The van der Waals surface area contributed by atoms with Crippen LogP contribution in [0.1, 0.15) is 12.6 Å². The number of rotatable bonds is 3. The molecule has 0 spiro atoms. The molecule has 0 fully saturated rings. The summed E-state index contributed by atoms with van der Waals surface area (Å²) in [5, 5.41) is 8.79. The summed E-state index contributed by atoms with van der Waals surface area (Å²) in [7, 11) is 0. The van der Waals surface area contributed by atoms with Gasteiger partial charge in [0.25, 0.3) is 0 Å². The molecule has 0 amide bonds. The van der Waals surface area contributed by atoms with E-state index in [1.165, 1.54) is 12.3 Å². The van der Waals surface area contributed by atoms with Gasteiger partial charge in [-0.1, -0.05) is 0 Å². The topological polar surface area (TPSA) is 45.9 Å². The summed E-state index contributed by atoms with van der Waals surface area (Å²) in [6, 6.07) is 9.70. The predicted octanol–water partition coefficient (Wildman–Crippen LogP) is 3.16. The fraction of sp³-hybridized carbons (Fsp3) is 0.143. The van der Waals surface area contributed by atoms with Crippen LogP contribution in [-0.2, 0) is 0 Å². The number of pyridine rings is 1. The van der Waals surface area contributed by atoms with Crippen molar-refractivity contribution in [1.82, 2.24) is 4.98 Å². The number of hydrogen-bond acceptors (Lipinski definition) is 3. The summed E-state index contributed by atoms with van der Waals surface area (Å²) < 4.78 is 19.1. The Kier molecular flexibility index (Phi) is 3.54. The van der Waals surface area contributed by atoms with Crippen LogP contribution in [0.3, 0.4) is 0 Å². The minimum atomic E-state index is -0.353. The van der Waals surface area contributed by atoms with Crippen molar-refractivity contribution in [3.8, 4) is 22.9 Å². The highest BCUT2D eigenvalue weighted by Gasteiger charge is 2.08. The van der Waals surface area contributed by atoms with Gasteiger partial charge in [0.05, 0.1) is 6.61 Å². The highest BCUT2D eigenvalue weighted by Crippen LogP contribution is 2.27. The van der Waals surface area contributed by atoms with E-state index in [1.54, 1.807) is 24.3 Å². The predicted molar refractivity (Wildman–Crippen MR) is 65.5 cm³/mol. The monoisotopic (exact) mass is 242 g/mol. The molecule has 0 unspecified atom stereocenters. The fourth-order valence-corrected chi connectivity index (χ4v) is 1.64. The molecule has 2 aromatic rings. The molecule has 90 valence electrons. The second-order valence-corrected chi connectivity index (χ2v) is 3.62. The fourth-order valence-electron chi connectivity index (χ4n) is 1.64. The van der Waals surface area contributed by atoms with Gasteiger partial charge in [0.1, 0.15) is 23.3 Å². The van der Waals surface area contributed by atoms with Crippen molar-refractivity contribution in [2.45, 2.75) is 6.92 Å². The van der Waals surface area contributed by atoms with E-state index in [0.717, 1.165) is 0 Å². The van der Waals surface area contributed by atoms with E-state index in [-0.39, 0.29) is 11.5 Å². The zero-order valence-corrected chi connectivity index (χ0v) is 9.85. The maximum Gasteiger partial charge on any atom is 0.141 e. The minimum Gasteiger partial charge on any atom is -0.494 e. The van der Waals surface area contributed by atoms with E-state index in [0.29, 0.717) is 23.5 Å². The van der Waals surface area contributed by atoms with E-state index in [2.05, 4.69) is 4.98 Å². The molecule has 4 heteroatoms. The first kappa shape index (κ1) is 12.1. The summed E-state index contributed by atoms with van der Waals surface area (Å²) in [5.41, 5.74) is 1.27. The lowest BCUT2D eigenvalue weighted by atomic mass is 10.1. The second-order valence-electron chi connectivity index (χ2n) is 3.62. The molecule has 0 bridgehead atoms. The number of hydrogen-bond donors (Lipinski definition) is 0. The van der Waals surface area contributed by atoms with Crippen LogP contribution in [-0.4, -0.2) is 11.6 Å². The van der Waals surface area contributed by atoms with Crippen molar-refractivity contribution in [2.75, 3.05) is 6.61 Å². The van der Waals surface area contributed by atoms with Gasteiger partial charge in [-0.05, 0) is 42.8 Å². The summed E-state index contributed by atoms with van der Waals surface area (Å²) in [6.45, 7) is 2.38. The molecule has 18 heavy (non-hydrogen) atoms. The van der Waals surface area contributed by atoms with Gasteiger partial charge >= 0.3 is 0 Å². The molecule has 0 aliphatic heterocycles. The Bertz CT molecular complexity index is 605. The van der Waals surface area contributed by atoms with E-state index in [9.17, 15) is 4.39 Å². The minimum absolute atomic E-state index is 0.258. The maximum absolute atomic E-state index is 13.8. The number of nitriles is 1. The molecule has 2 rings (SSSR count). The highest BCUT2D eigenvalue weighted by molar-refractivity contribution is 5.66. The molecule has 0 aliphatic rings. The number of aromatic nitrogens is 1. The molecule has 0 radical (unpaired) electrons. The average molecular weight is 242 g/mol. The SMILES string of the molecule is CCOc1ccc(F)c(-c2ccnc(C#N)c2)c1. The van der Waals surface area contributed by atoms with Gasteiger partial charge in [0, 0.05) is 11.8 Å². The zero-order valence-electron chi connectivity index (χ0n) is 9.85. The van der Waals surface area contributed by atoms with Crippen molar-refractivity contribution in [1.29, 1.82) is 5.26 Å². The van der Waals surface area contributed by atoms with Crippen molar-refractivity contribution in [3.63, 3.8) is 0 Å². The van der Waals surface area contributed by atoms with Gasteiger partial charge < -0.3 is 4.74 Å². The van der Waals surface area contributed by atoms with Gasteiger partial charge in [-0.3, -0.25) is 0 Å². The first-order valence-corrected chi connectivity index (χ1v) is 5.53. The third-order valence-corrected chi connectivity index (χ3v) is 2.43. The zero-order chi connectivity index (χ0) is 13.0. The van der Waals surface area contributed by atoms with E-state index < -0.39 is 0 Å². The summed E-state index contributed by atoms with van der Waals surface area (Å²) in [4.78, 5) is 3.86. The van der Waals surface area contributed by atoms with Crippen LogP contribution in [0.5, 0.6) is 5.75 Å². The van der Waals surface area contributed by atoms with Gasteiger partial charge in [0.2, 0.25) is 0 Å². The summed E-state index contributed by atoms with van der Waals surface area (Å²) in [5.74, 6) is 0.248. The largest absolute Gasteiger partial charge is 0.494 e. The van der Waals surface area contributed by atoms with Crippen LogP contribution in [0.4, 0.5) is 4.39 Å². The molecule has 0 N–H and O–H groups in total.